The Balaban J connectivity index is 0.000000371. The summed E-state index contributed by atoms with van der Waals surface area (Å²) in [6.45, 7) is 7.00. The van der Waals surface area contributed by atoms with Crippen molar-refractivity contribution in [2.24, 2.45) is 0 Å². The Morgan fingerprint density at radius 1 is 1.30 bits per heavy atom. The molecule has 0 aromatic heterocycles. The normalized spacial score (nSPS) is 7.80. The first-order valence-electron chi connectivity index (χ1n) is 2.52. The number of rotatable bonds is 0. The van der Waals surface area contributed by atoms with Crippen LogP contribution in [0.4, 0.5) is 8.78 Å². The van der Waals surface area contributed by atoms with E-state index in [0.29, 0.717) is 0 Å². The van der Waals surface area contributed by atoms with Gasteiger partial charge in [0.15, 0.2) is 0 Å². The molecule has 2 radical (unpaired) electrons. The topological polar surface area (TPSA) is 0 Å². The van der Waals surface area contributed by atoms with Gasteiger partial charge < -0.3 is 0 Å². The van der Waals surface area contributed by atoms with E-state index in [0.717, 1.165) is 18.2 Å². The van der Waals surface area contributed by atoms with Crippen molar-refractivity contribution in [3.63, 3.8) is 0 Å². The summed E-state index contributed by atoms with van der Waals surface area (Å²) in [5, 5.41) is 0. The highest BCUT2D eigenvalue weighted by Gasteiger charge is 1.87. The lowest BCUT2D eigenvalue weighted by Gasteiger charge is -1.82. The van der Waals surface area contributed by atoms with Gasteiger partial charge in [-0.2, -0.15) is 0 Å². The Labute approximate surface area is 58.8 Å². The molecule has 0 N–H and O–H groups in total. The van der Waals surface area contributed by atoms with E-state index >= 15 is 0 Å². The molecule has 10 heavy (non-hydrogen) atoms. The molecular formula is C8H6F2. The summed E-state index contributed by atoms with van der Waals surface area (Å²) in [5.74, 6) is -1.00. The molecule has 0 amide bonds. The smallest absolute Gasteiger partial charge is 0.131 e. The van der Waals surface area contributed by atoms with E-state index in [4.69, 9.17) is 0 Å². The predicted molar refractivity (Wildman–Crippen MR) is 35.1 cm³/mol. The molecule has 0 aliphatic heterocycles. The number of hydrogen-bond donors (Lipinski definition) is 0. The quantitative estimate of drug-likeness (QED) is 0.519. The standard InChI is InChI=1S/C6H3F2.C2H3/c7-5-1-2-6(8)4-3-5;1-2/h1-3H;1H,2H2. The molecule has 0 bridgehead atoms. The molecule has 0 nitrogen and oxygen atoms in total. The van der Waals surface area contributed by atoms with E-state index in [9.17, 15) is 8.78 Å². The molecule has 0 atom stereocenters. The van der Waals surface area contributed by atoms with Crippen molar-refractivity contribution >= 4 is 0 Å². The maximum absolute atomic E-state index is 11.9. The van der Waals surface area contributed by atoms with Gasteiger partial charge in [-0.05, 0) is 18.2 Å². The minimum absolute atomic E-state index is 0.466. The average molecular weight is 140 g/mol. The van der Waals surface area contributed by atoms with Crippen molar-refractivity contribution in [2.75, 3.05) is 0 Å². The SMILES string of the molecule is Fc1[c]cc(F)cc1.[CH]=C. The second-order valence-electron chi connectivity index (χ2n) is 1.35. The molecule has 0 aliphatic carbocycles. The Bertz CT molecular complexity index is 158. The van der Waals surface area contributed by atoms with Gasteiger partial charge in [0, 0.05) is 6.07 Å². The lowest BCUT2D eigenvalue weighted by atomic mass is 10.3. The lowest BCUT2D eigenvalue weighted by molar-refractivity contribution is 0.598. The van der Waals surface area contributed by atoms with Crippen LogP contribution in [0.15, 0.2) is 24.8 Å². The van der Waals surface area contributed by atoms with Crippen molar-refractivity contribution < 1.29 is 8.78 Å². The molecular weight excluding hydrogens is 134 g/mol. The van der Waals surface area contributed by atoms with Crippen molar-refractivity contribution in [3.05, 3.63) is 49.1 Å². The van der Waals surface area contributed by atoms with Crippen LogP contribution in [-0.4, -0.2) is 0 Å². The molecule has 1 aromatic rings. The fourth-order valence-electron chi connectivity index (χ4n) is 0.387. The Morgan fingerprint density at radius 3 is 2.20 bits per heavy atom. The van der Waals surface area contributed by atoms with E-state index in [1.165, 1.54) is 0 Å². The summed E-state index contributed by atoms with van der Waals surface area (Å²) < 4.78 is 23.8. The van der Waals surface area contributed by atoms with Crippen molar-refractivity contribution in [3.8, 4) is 0 Å². The second kappa shape index (κ2) is 4.68. The third-order valence-corrected chi connectivity index (χ3v) is 0.737. The summed E-state index contributed by atoms with van der Waals surface area (Å²) >= 11 is 0. The van der Waals surface area contributed by atoms with Gasteiger partial charge in [0.05, 0.1) is 0 Å². The number of halogens is 2. The molecule has 1 aromatic carbocycles. The van der Waals surface area contributed by atoms with Gasteiger partial charge in [0.25, 0.3) is 0 Å². The van der Waals surface area contributed by atoms with E-state index in [1.54, 1.807) is 0 Å². The molecule has 0 unspecified atom stereocenters. The zero-order valence-corrected chi connectivity index (χ0v) is 5.27. The maximum Gasteiger partial charge on any atom is 0.131 e. The van der Waals surface area contributed by atoms with Gasteiger partial charge in [-0.3, -0.25) is 0 Å². The van der Waals surface area contributed by atoms with Gasteiger partial charge in [0.2, 0.25) is 0 Å². The Kier molecular flexibility index (Phi) is 4.12. The van der Waals surface area contributed by atoms with Crippen LogP contribution in [0.25, 0.3) is 0 Å². The fourth-order valence-corrected chi connectivity index (χ4v) is 0.387. The maximum atomic E-state index is 11.9. The number of benzene rings is 1. The zero-order valence-electron chi connectivity index (χ0n) is 5.27. The molecule has 0 fully saturated rings. The Hall–Kier alpha value is -1.18. The van der Waals surface area contributed by atoms with Crippen LogP contribution in [-0.2, 0) is 0 Å². The van der Waals surface area contributed by atoms with E-state index < -0.39 is 11.6 Å². The summed E-state index contributed by atoms with van der Waals surface area (Å²) in [6.07, 6.45) is 0. The van der Waals surface area contributed by atoms with Crippen molar-refractivity contribution in [1.29, 1.82) is 0 Å². The Morgan fingerprint density at radius 2 is 1.90 bits per heavy atom. The van der Waals surface area contributed by atoms with Gasteiger partial charge in [-0.1, -0.05) is 13.2 Å². The largest absolute Gasteiger partial charge is 0.207 e. The van der Waals surface area contributed by atoms with Gasteiger partial charge in [0.1, 0.15) is 11.6 Å². The van der Waals surface area contributed by atoms with E-state index in [-0.39, 0.29) is 0 Å². The highest BCUT2D eigenvalue weighted by atomic mass is 19.1. The van der Waals surface area contributed by atoms with Gasteiger partial charge >= 0.3 is 0 Å². The first kappa shape index (κ1) is 8.82. The zero-order chi connectivity index (χ0) is 7.98. The van der Waals surface area contributed by atoms with E-state index in [1.807, 2.05) is 0 Å². The van der Waals surface area contributed by atoms with Crippen LogP contribution in [0.1, 0.15) is 0 Å². The minimum Gasteiger partial charge on any atom is -0.207 e. The lowest BCUT2D eigenvalue weighted by Crippen LogP contribution is -1.73. The molecule has 1 rings (SSSR count). The molecule has 0 spiro atoms. The highest BCUT2D eigenvalue weighted by Crippen LogP contribution is 1.97. The monoisotopic (exact) mass is 140 g/mol. The minimum atomic E-state index is -0.536. The molecule has 0 heterocycles. The highest BCUT2D eigenvalue weighted by molar-refractivity contribution is 5.03. The van der Waals surface area contributed by atoms with Crippen LogP contribution in [0.2, 0.25) is 0 Å². The molecule has 52 valence electrons. The summed E-state index contributed by atoms with van der Waals surface area (Å²) in [6, 6.07) is 5.08. The summed E-state index contributed by atoms with van der Waals surface area (Å²) in [7, 11) is 0. The predicted octanol–water partition coefficient (Wildman–Crippen LogP) is 2.37. The van der Waals surface area contributed by atoms with Crippen LogP contribution in [0.5, 0.6) is 0 Å². The van der Waals surface area contributed by atoms with Crippen LogP contribution in [0.3, 0.4) is 0 Å². The first-order valence-corrected chi connectivity index (χ1v) is 2.52. The van der Waals surface area contributed by atoms with Gasteiger partial charge in [-0.15, -0.1) is 0 Å². The summed E-state index contributed by atoms with van der Waals surface area (Å²) in [5.41, 5.74) is 0. The van der Waals surface area contributed by atoms with Crippen LogP contribution < -0.4 is 0 Å². The van der Waals surface area contributed by atoms with Gasteiger partial charge in [-0.25, -0.2) is 8.78 Å². The van der Waals surface area contributed by atoms with Crippen molar-refractivity contribution in [2.45, 2.75) is 0 Å². The van der Waals surface area contributed by atoms with Crippen LogP contribution >= 0.6 is 0 Å². The average Bonchev–Trinajstić information content (AvgIpc) is 2.00. The summed E-state index contributed by atoms with van der Waals surface area (Å²) in [4.78, 5) is 0. The second-order valence-corrected chi connectivity index (χ2v) is 1.35. The molecule has 0 saturated heterocycles. The first-order chi connectivity index (χ1) is 4.79. The van der Waals surface area contributed by atoms with Crippen molar-refractivity contribution in [1.82, 2.24) is 0 Å². The molecule has 0 aliphatic rings. The number of hydrogen-bond acceptors (Lipinski definition) is 0. The van der Waals surface area contributed by atoms with E-state index in [2.05, 4.69) is 19.2 Å². The fraction of sp³-hybridized carbons (Fsp3) is 0. The van der Waals surface area contributed by atoms with Crippen LogP contribution in [0, 0.1) is 24.3 Å². The third-order valence-electron chi connectivity index (χ3n) is 0.737. The molecule has 0 saturated carbocycles. The third kappa shape index (κ3) is 2.97. The molecule has 2 heteroatoms.